The zero-order valence-corrected chi connectivity index (χ0v) is 6.79. The fraction of sp³-hybridized carbons (Fsp3) is 1.00. The molecule has 0 aliphatic carbocycles. The molecule has 0 fully saturated rings. The molecule has 0 saturated heterocycles. The molecule has 0 radical (unpaired) electrons. The molecule has 4 heteroatoms. The second-order valence-electron chi connectivity index (χ2n) is 2.43. The Morgan fingerprint density at radius 3 is 1.20 bits per heavy atom. The summed E-state index contributed by atoms with van der Waals surface area (Å²) in [7, 11) is 0. The van der Waals surface area contributed by atoms with E-state index in [9.17, 15) is 0 Å². The van der Waals surface area contributed by atoms with Gasteiger partial charge < -0.3 is 0 Å². The number of hydrogen-bond acceptors (Lipinski definition) is 4. The maximum absolute atomic E-state index is 4.54. The van der Waals surface area contributed by atoms with Crippen LogP contribution in [-0.4, -0.2) is 12.2 Å². The maximum atomic E-state index is 4.54. The largest absolute Gasteiger partial charge is 0.201 e. The lowest BCUT2D eigenvalue weighted by atomic mass is 10.5. The van der Waals surface area contributed by atoms with Gasteiger partial charge in [0.1, 0.15) is 0 Å². The van der Waals surface area contributed by atoms with Gasteiger partial charge in [0.05, 0.1) is 12.2 Å². The summed E-state index contributed by atoms with van der Waals surface area (Å²) in [6.45, 7) is 7.27. The molecule has 0 unspecified atom stereocenters. The van der Waals surface area contributed by atoms with Crippen LogP contribution in [0.5, 0.6) is 0 Å². The number of hydrogen-bond donors (Lipinski definition) is 0. The first-order chi connectivity index (χ1) is 4.63. The van der Waals surface area contributed by atoms with E-state index in [1.807, 2.05) is 27.7 Å². The van der Waals surface area contributed by atoms with Gasteiger partial charge in [0.25, 0.3) is 0 Å². The molecule has 0 amide bonds. The zero-order valence-electron chi connectivity index (χ0n) is 6.79. The summed E-state index contributed by atoms with van der Waals surface area (Å²) in [5.74, 6) is 0. The predicted molar refractivity (Wildman–Crippen MR) is 34.6 cm³/mol. The molecule has 10 heavy (non-hydrogen) atoms. The second-order valence-corrected chi connectivity index (χ2v) is 2.43. The van der Waals surface area contributed by atoms with Gasteiger partial charge in [0, 0.05) is 0 Å². The van der Waals surface area contributed by atoms with E-state index in [4.69, 9.17) is 0 Å². The number of rotatable bonds is 5. The second kappa shape index (κ2) is 5.61. The van der Waals surface area contributed by atoms with E-state index in [2.05, 4.69) is 19.9 Å². The Hall–Kier alpha value is -0.160. The van der Waals surface area contributed by atoms with E-state index in [-0.39, 0.29) is 12.2 Å². The van der Waals surface area contributed by atoms with Crippen LogP contribution in [0.2, 0.25) is 0 Å². The Morgan fingerprint density at radius 1 is 0.700 bits per heavy atom. The van der Waals surface area contributed by atoms with Crippen LogP contribution >= 0.6 is 0 Å². The van der Waals surface area contributed by atoms with E-state index in [0.717, 1.165) is 0 Å². The third-order valence-electron chi connectivity index (χ3n) is 0.491. The van der Waals surface area contributed by atoms with Crippen molar-refractivity contribution >= 4 is 0 Å². The topological polar surface area (TPSA) is 36.9 Å². The third kappa shape index (κ3) is 7.84. The molecular formula is C6H14O4. The Morgan fingerprint density at radius 2 is 1.00 bits per heavy atom. The van der Waals surface area contributed by atoms with Crippen molar-refractivity contribution in [1.29, 1.82) is 0 Å². The standard InChI is InChI=1S/C6H14O4/c1-5(2)7-9-10-8-6(3)4/h5-6H,1-4H3. The van der Waals surface area contributed by atoms with E-state index in [0.29, 0.717) is 0 Å². The lowest BCUT2D eigenvalue weighted by Crippen LogP contribution is -2.08. The first-order valence-corrected chi connectivity index (χ1v) is 3.28. The molecule has 62 valence electrons. The normalized spacial score (nSPS) is 11.4. The molecule has 0 aromatic carbocycles. The van der Waals surface area contributed by atoms with Gasteiger partial charge in [-0.25, -0.2) is 9.78 Å². The van der Waals surface area contributed by atoms with Crippen molar-refractivity contribution in [2.75, 3.05) is 0 Å². The molecule has 0 aromatic rings. The van der Waals surface area contributed by atoms with Crippen LogP contribution in [0.15, 0.2) is 0 Å². The minimum absolute atomic E-state index is 0.0317. The molecule has 0 aromatic heterocycles. The smallest absolute Gasteiger partial charge is 0.0906 e. The maximum Gasteiger partial charge on any atom is 0.0906 e. The minimum atomic E-state index is -0.0317. The molecule has 0 rings (SSSR count). The highest BCUT2D eigenvalue weighted by Crippen LogP contribution is 1.93. The first kappa shape index (κ1) is 9.84. The quantitative estimate of drug-likeness (QED) is 0.339. The molecule has 0 N–H and O–H groups in total. The van der Waals surface area contributed by atoms with Crippen molar-refractivity contribution in [3.8, 4) is 0 Å². The molecule has 0 saturated carbocycles. The van der Waals surface area contributed by atoms with Gasteiger partial charge in [-0.1, -0.05) is 0 Å². The highest BCUT2D eigenvalue weighted by Gasteiger charge is 1.97. The Labute approximate surface area is 60.8 Å². The summed E-state index contributed by atoms with van der Waals surface area (Å²) in [6.07, 6.45) is -0.0634. The van der Waals surface area contributed by atoms with Crippen LogP contribution in [0.4, 0.5) is 0 Å². The highest BCUT2D eigenvalue weighted by molar-refractivity contribution is 4.25. The molecular weight excluding hydrogens is 136 g/mol. The van der Waals surface area contributed by atoms with Crippen LogP contribution < -0.4 is 0 Å². The lowest BCUT2D eigenvalue weighted by molar-refractivity contribution is -0.646. The van der Waals surface area contributed by atoms with Gasteiger partial charge >= 0.3 is 0 Å². The van der Waals surface area contributed by atoms with Crippen LogP contribution in [0.25, 0.3) is 0 Å². The van der Waals surface area contributed by atoms with Gasteiger partial charge in [0.15, 0.2) is 0 Å². The van der Waals surface area contributed by atoms with E-state index < -0.39 is 0 Å². The van der Waals surface area contributed by atoms with Crippen molar-refractivity contribution in [3.63, 3.8) is 0 Å². The van der Waals surface area contributed by atoms with Gasteiger partial charge in [-0.2, -0.15) is 0 Å². The van der Waals surface area contributed by atoms with Crippen LogP contribution in [-0.2, 0) is 19.9 Å². The van der Waals surface area contributed by atoms with Gasteiger partial charge in [-0.15, -0.1) is 0 Å². The van der Waals surface area contributed by atoms with E-state index in [1.165, 1.54) is 0 Å². The monoisotopic (exact) mass is 150 g/mol. The SMILES string of the molecule is CC(C)OOOOC(C)C. The minimum Gasteiger partial charge on any atom is -0.201 e. The average Bonchev–Trinajstić information content (AvgIpc) is 1.79. The predicted octanol–water partition coefficient (Wildman–Crippen LogP) is 1.61. The molecule has 0 bridgehead atoms. The van der Waals surface area contributed by atoms with Gasteiger partial charge in [-0.3, -0.25) is 0 Å². The van der Waals surface area contributed by atoms with Crippen LogP contribution in [0.1, 0.15) is 27.7 Å². The molecule has 0 aliphatic heterocycles. The van der Waals surface area contributed by atoms with Gasteiger partial charge in [0.2, 0.25) is 0 Å². The fourth-order valence-electron chi connectivity index (χ4n) is 0.189. The molecule has 4 nitrogen and oxygen atoms in total. The lowest BCUT2D eigenvalue weighted by Gasteiger charge is -2.05. The van der Waals surface area contributed by atoms with Crippen molar-refractivity contribution in [3.05, 3.63) is 0 Å². The molecule has 0 spiro atoms. The van der Waals surface area contributed by atoms with Crippen molar-refractivity contribution < 1.29 is 19.9 Å². The van der Waals surface area contributed by atoms with Crippen molar-refractivity contribution in [2.45, 2.75) is 39.9 Å². The summed E-state index contributed by atoms with van der Waals surface area (Å²) in [4.78, 5) is 9.09. The van der Waals surface area contributed by atoms with Crippen LogP contribution in [0, 0.1) is 0 Å². The highest BCUT2D eigenvalue weighted by atomic mass is 17.7. The summed E-state index contributed by atoms with van der Waals surface area (Å²) < 4.78 is 0. The van der Waals surface area contributed by atoms with E-state index >= 15 is 0 Å². The Balaban J connectivity index is 2.91. The third-order valence-corrected chi connectivity index (χ3v) is 0.491. The molecule has 0 aliphatic rings. The molecule has 0 atom stereocenters. The van der Waals surface area contributed by atoms with Crippen molar-refractivity contribution in [1.82, 2.24) is 0 Å². The average molecular weight is 150 g/mol. The van der Waals surface area contributed by atoms with Crippen LogP contribution in [0.3, 0.4) is 0 Å². The Kier molecular flexibility index (Phi) is 5.52. The summed E-state index contributed by atoms with van der Waals surface area (Å²) in [6, 6.07) is 0. The molecule has 0 heterocycles. The van der Waals surface area contributed by atoms with Crippen molar-refractivity contribution in [2.24, 2.45) is 0 Å². The van der Waals surface area contributed by atoms with E-state index in [1.54, 1.807) is 0 Å². The fourth-order valence-corrected chi connectivity index (χ4v) is 0.189. The van der Waals surface area contributed by atoms with Gasteiger partial charge in [-0.05, 0) is 37.8 Å². The summed E-state index contributed by atoms with van der Waals surface area (Å²) in [5, 5.41) is 8.37. The summed E-state index contributed by atoms with van der Waals surface area (Å²) >= 11 is 0. The first-order valence-electron chi connectivity index (χ1n) is 3.28. The zero-order chi connectivity index (χ0) is 7.98. The summed E-state index contributed by atoms with van der Waals surface area (Å²) in [5.41, 5.74) is 0. The Bertz CT molecular complexity index is 62.1.